The summed E-state index contributed by atoms with van der Waals surface area (Å²) < 4.78 is 30.7. The Morgan fingerprint density at radius 1 is 1.12 bits per heavy atom. The number of halogens is 2. The third kappa shape index (κ3) is 2.08. The van der Waals surface area contributed by atoms with Gasteiger partial charge in [0.2, 0.25) is 0 Å². The van der Waals surface area contributed by atoms with E-state index in [2.05, 4.69) is 0 Å². The summed E-state index contributed by atoms with van der Waals surface area (Å²) in [5, 5.41) is 1.58. The largest absolute Gasteiger partial charge is 0.496 e. The van der Waals surface area contributed by atoms with Gasteiger partial charge >= 0.3 is 0 Å². The van der Waals surface area contributed by atoms with Gasteiger partial charge in [-0.2, -0.15) is 0 Å². The molecular weight excluding hydrogens is 224 g/mol. The molecule has 90 valence electrons. The summed E-state index contributed by atoms with van der Waals surface area (Å²) in [7, 11) is 1.45. The van der Waals surface area contributed by atoms with Crippen molar-refractivity contribution in [2.24, 2.45) is 5.73 Å². The molecule has 1 atom stereocenters. The topological polar surface area (TPSA) is 35.2 Å². The van der Waals surface area contributed by atoms with E-state index < -0.39 is 12.5 Å². The maximum Gasteiger partial charge on any atom is 0.257 e. The van der Waals surface area contributed by atoms with Crippen LogP contribution < -0.4 is 10.5 Å². The fourth-order valence-electron chi connectivity index (χ4n) is 1.92. The first-order chi connectivity index (χ1) is 8.15. The number of benzene rings is 2. The van der Waals surface area contributed by atoms with Gasteiger partial charge in [0.1, 0.15) is 5.75 Å². The van der Waals surface area contributed by atoms with Crippen molar-refractivity contribution >= 4 is 10.8 Å². The molecule has 2 rings (SSSR count). The molecule has 2 aromatic carbocycles. The molecule has 17 heavy (non-hydrogen) atoms. The van der Waals surface area contributed by atoms with Crippen LogP contribution >= 0.6 is 0 Å². The molecule has 0 saturated carbocycles. The Hall–Kier alpha value is -1.68. The van der Waals surface area contributed by atoms with Gasteiger partial charge in [0.15, 0.2) is 0 Å². The van der Waals surface area contributed by atoms with E-state index >= 15 is 0 Å². The Kier molecular flexibility index (Phi) is 3.24. The van der Waals surface area contributed by atoms with Crippen LogP contribution in [0.5, 0.6) is 5.75 Å². The molecule has 4 heteroatoms. The molecule has 2 aromatic rings. The first-order valence-corrected chi connectivity index (χ1v) is 5.24. The highest BCUT2D eigenvalue weighted by Gasteiger charge is 2.23. The number of methoxy groups -OCH3 is 1. The van der Waals surface area contributed by atoms with Crippen molar-refractivity contribution in [1.82, 2.24) is 0 Å². The van der Waals surface area contributed by atoms with E-state index in [4.69, 9.17) is 10.5 Å². The lowest BCUT2D eigenvalue weighted by molar-refractivity contribution is 0.115. The number of fused-ring (bicyclic) bond motifs is 1. The molecule has 2 nitrogen and oxygen atoms in total. The van der Waals surface area contributed by atoms with Gasteiger partial charge in [-0.3, -0.25) is 0 Å². The lowest BCUT2D eigenvalue weighted by atomic mass is 9.98. The molecule has 2 N–H and O–H groups in total. The minimum Gasteiger partial charge on any atom is -0.496 e. The van der Waals surface area contributed by atoms with Crippen molar-refractivity contribution in [3.8, 4) is 5.75 Å². The summed E-state index contributed by atoms with van der Waals surface area (Å²) in [5.41, 5.74) is 5.91. The van der Waals surface area contributed by atoms with Crippen LogP contribution in [0.4, 0.5) is 8.78 Å². The van der Waals surface area contributed by atoms with Gasteiger partial charge < -0.3 is 10.5 Å². The third-order valence-electron chi connectivity index (χ3n) is 2.76. The average molecular weight is 237 g/mol. The fraction of sp³-hybridized carbons (Fsp3) is 0.231. The molecule has 0 fully saturated rings. The molecular formula is C13H13F2NO. The average Bonchev–Trinajstić information content (AvgIpc) is 2.36. The Morgan fingerprint density at radius 3 is 2.47 bits per heavy atom. The van der Waals surface area contributed by atoms with Gasteiger partial charge in [-0.1, -0.05) is 30.3 Å². The van der Waals surface area contributed by atoms with Crippen molar-refractivity contribution in [3.05, 3.63) is 42.0 Å². The Morgan fingerprint density at radius 2 is 1.82 bits per heavy atom. The highest BCUT2D eigenvalue weighted by Crippen LogP contribution is 2.34. The Balaban J connectivity index is 2.71. The number of nitrogens with two attached hydrogens (primary N) is 1. The van der Waals surface area contributed by atoms with Crippen LogP contribution in [-0.4, -0.2) is 13.5 Å². The number of ether oxygens (including phenoxy) is 1. The zero-order valence-electron chi connectivity index (χ0n) is 9.36. The minimum absolute atomic E-state index is 0.362. The van der Waals surface area contributed by atoms with Crippen molar-refractivity contribution in [3.63, 3.8) is 0 Å². The number of rotatable bonds is 3. The molecule has 0 bridgehead atoms. The van der Waals surface area contributed by atoms with Gasteiger partial charge in [0.25, 0.3) is 6.43 Å². The SMILES string of the molecule is COc1ccc2ccccc2c1C(N)C(F)F. The van der Waals surface area contributed by atoms with E-state index in [1.165, 1.54) is 7.11 Å². The lowest BCUT2D eigenvalue weighted by Gasteiger charge is -2.17. The first kappa shape index (κ1) is 11.8. The van der Waals surface area contributed by atoms with Gasteiger partial charge in [-0.15, -0.1) is 0 Å². The Labute approximate surface area is 98.0 Å². The van der Waals surface area contributed by atoms with E-state index in [-0.39, 0.29) is 0 Å². The van der Waals surface area contributed by atoms with Crippen LogP contribution in [0.1, 0.15) is 11.6 Å². The van der Waals surface area contributed by atoms with E-state index in [0.717, 1.165) is 5.39 Å². The standard InChI is InChI=1S/C13H13F2NO/c1-17-10-7-6-8-4-2-3-5-9(8)11(10)12(16)13(14)15/h2-7,12-13H,16H2,1H3. The summed E-state index contributed by atoms with van der Waals surface area (Å²) in [4.78, 5) is 0. The van der Waals surface area contributed by atoms with Gasteiger partial charge in [-0.05, 0) is 16.8 Å². The molecule has 0 aliphatic carbocycles. The maximum absolute atomic E-state index is 12.8. The summed E-state index contributed by atoms with van der Waals surface area (Å²) >= 11 is 0. The molecule has 1 unspecified atom stereocenters. The normalized spacial score (nSPS) is 13.0. The van der Waals surface area contributed by atoms with Crippen LogP contribution in [-0.2, 0) is 0 Å². The minimum atomic E-state index is -2.62. The first-order valence-electron chi connectivity index (χ1n) is 5.24. The monoisotopic (exact) mass is 237 g/mol. The van der Waals surface area contributed by atoms with Crippen molar-refractivity contribution in [2.75, 3.05) is 7.11 Å². The van der Waals surface area contributed by atoms with Crippen molar-refractivity contribution in [1.29, 1.82) is 0 Å². The molecule has 0 heterocycles. The highest BCUT2D eigenvalue weighted by atomic mass is 19.3. The van der Waals surface area contributed by atoms with Crippen LogP contribution in [0.2, 0.25) is 0 Å². The molecule has 0 aliphatic rings. The molecule has 0 spiro atoms. The maximum atomic E-state index is 12.8. The van der Waals surface area contributed by atoms with Crippen molar-refractivity contribution < 1.29 is 13.5 Å². The summed E-state index contributed by atoms with van der Waals surface area (Å²) in [6.07, 6.45) is -2.62. The van der Waals surface area contributed by atoms with Gasteiger partial charge in [-0.25, -0.2) is 8.78 Å². The quantitative estimate of drug-likeness (QED) is 0.890. The predicted molar refractivity (Wildman–Crippen MR) is 63.4 cm³/mol. The second-order valence-corrected chi connectivity index (χ2v) is 3.76. The number of hydrogen-bond acceptors (Lipinski definition) is 2. The summed E-state index contributed by atoms with van der Waals surface area (Å²) in [5.74, 6) is 0.400. The number of hydrogen-bond donors (Lipinski definition) is 1. The molecule has 0 aromatic heterocycles. The second-order valence-electron chi connectivity index (χ2n) is 3.76. The molecule has 0 aliphatic heterocycles. The van der Waals surface area contributed by atoms with E-state index in [1.807, 2.05) is 18.2 Å². The molecule has 0 saturated heterocycles. The Bertz CT molecular complexity index is 528. The summed E-state index contributed by atoms with van der Waals surface area (Å²) in [6, 6.07) is 9.44. The van der Waals surface area contributed by atoms with E-state index in [1.54, 1.807) is 18.2 Å². The molecule has 0 radical (unpaired) electrons. The second kappa shape index (κ2) is 4.67. The van der Waals surface area contributed by atoms with Gasteiger partial charge in [0, 0.05) is 5.56 Å². The van der Waals surface area contributed by atoms with E-state index in [0.29, 0.717) is 16.7 Å². The van der Waals surface area contributed by atoms with E-state index in [9.17, 15) is 8.78 Å². The highest BCUT2D eigenvalue weighted by molar-refractivity contribution is 5.88. The van der Waals surface area contributed by atoms with Crippen LogP contribution in [0, 0.1) is 0 Å². The fourth-order valence-corrected chi connectivity index (χ4v) is 1.92. The van der Waals surface area contributed by atoms with Gasteiger partial charge in [0.05, 0.1) is 13.2 Å². The van der Waals surface area contributed by atoms with Crippen molar-refractivity contribution in [2.45, 2.75) is 12.5 Å². The number of alkyl halides is 2. The predicted octanol–water partition coefficient (Wildman–Crippen LogP) is 3.11. The molecule has 0 amide bonds. The third-order valence-corrected chi connectivity index (χ3v) is 2.76. The lowest BCUT2D eigenvalue weighted by Crippen LogP contribution is -2.20. The smallest absolute Gasteiger partial charge is 0.257 e. The van der Waals surface area contributed by atoms with Crippen LogP contribution in [0.3, 0.4) is 0 Å². The zero-order valence-corrected chi connectivity index (χ0v) is 9.36. The van der Waals surface area contributed by atoms with Crippen LogP contribution in [0.15, 0.2) is 36.4 Å². The zero-order chi connectivity index (χ0) is 12.4. The van der Waals surface area contributed by atoms with Crippen LogP contribution in [0.25, 0.3) is 10.8 Å². The summed E-state index contributed by atoms with van der Waals surface area (Å²) in [6.45, 7) is 0.